The Morgan fingerprint density at radius 2 is 1.42 bits per heavy atom. The highest BCUT2D eigenvalue weighted by Gasteiger charge is 2.12. The summed E-state index contributed by atoms with van der Waals surface area (Å²) in [5, 5.41) is 12.8. The lowest BCUT2D eigenvalue weighted by molar-refractivity contribution is -0.111. The molecule has 33 heavy (non-hydrogen) atoms. The van der Waals surface area contributed by atoms with Crippen molar-refractivity contribution in [3.8, 4) is 23.0 Å². The number of nitrogen functional groups attached to an aromatic ring is 1. The number of phenolic OH excluding ortho intramolecular Hbond substituents is 1. The number of amides is 1. The minimum absolute atomic E-state index is 0.0332. The van der Waals surface area contributed by atoms with E-state index >= 15 is 0 Å². The third kappa shape index (κ3) is 6.07. The molecular weight excluding hydrogens is 420 g/mol. The van der Waals surface area contributed by atoms with Gasteiger partial charge in [-0.1, -0.05) is 30.4 Å². The molecule has 0 unspecified atom stereocenters. The van der Waals surface area contributed by atoms with E-state index in [-0.39, 0.29) is 11.7 Å². The lowest BCUT2D eigenvalue weighted by Crippen LogP contribution is -2.08. The van der Waals surface area contributed by atoms with E-state index in [9.17, 15) is 9.90 Å². The molecule has 1 amide bonds. The van der Waals surface area contributed by atoms with Crippen molar-refractivity contribution in [3.05, 3.63) is 77.4 Å². The SMILES string of the molecule is COc1cc(/C=C/c2ccc(O)c(NC(=O)/C=C/c3ccc(N)cc3)c2)cc(OC)c1OC. The average Bonchev–Trinajstić information content (AvgIpc) is 2.83. The van der Waals surface area contributed by atoms with Gasteiger partial charge in [0, 0.05) is 11.8 Å². The summed E-state index contributed by atoms with van der Waals surface area (Å²) in [5.74, 6) is 1.20. The van der Waals surface area contributed by atoms with Crippen molar-refractivity contribution in [2.24, 2.45) is 0 Å². The normalized spacial score (nSPS) is 11.0. The van der Waals surface area contributed by atoms with E-state index in [2.05, 4.69) is 5.32 Å². The van der Waals surface area contributed by atoms with E-state index in [0.29, 0.717) is 28.6 Å². The molecule has 0 atom stereocenters. The van der Waals surface area contributed by atoms with Crippen molar-refractivity contribution >= 4 is 35.5 Å². The fraction of sp³-hybridized carbons (Fsp3) is 0.115. The molecule has 3 aromatic rings. The van der Waals surface area contributed by atoms with E-state index in [1.807, 2.05) is 36.4 Å². The van der Waals surface area contributed by atoms with Crippen molar-refractivity contribution in [2.75, 3.05) is 32.4 Å². The van der Waals surface area contributed by atoms with Gasteiger partial charge in [-0.05, 0) is 59.2 Å². The molecule has 3 aromatic carbocycles. The minimum atomic E-state index is -0.368. The molecule has 170 valence electrons. The van der Waals surface area contributed by atoms with Crippen LogP contribution < -0.4 is 25.3 Å². The Bertz CT molecular complexity index is 1160. The third-order valence-electron chi connectivity index (χ3n) is 4.80. The molecule has 0 aliphatic rings. The number of benzene rings is 3. The Balaban J connectivity index is 1.76. The number of methoxy groups -OCH3 is 3. The summed E-state index contributed by atoms with van der Waals surface area (Å²) < 4.78 is 16.1. The Morgan fingerprint density at radius 3 is 2.03 bits per heavy atom. The molecule has 0 spiro atoms. The van der Waals surface area contributed by atoms with Gasteiger partial charge in [0.15, 0.2) is 11.5 Å². The molecule has 4 N–H and O–H groups in total. The predicted octanol–water partition coefficient (Wildman–Crippen LogP) is 4.82. The molecule has 3 rings (SSSR count). The lowest BCUT2D eigenvalue weighted by atomic mass is 10.1. The van der Waals surface area contributed by atoms with Crippen LogP contribution in [-0.2, 0) is 4.79 Å². The quantitative estimate of drug-likeness (QED) is 0.198. The Labute approximate surface area is 192 Å². The van der Waals surface area contributed by atoms with Gasteiger partial charge in [0.2, 0.25) is 11.7 Å². The highest BCUT2D eigenvalue weighted by Crippen LogP contribution is 2.38. The standard InChI is InChI=1S/C26H26N2O5/c1-31-23-15-19(16-24(32-2)26(23)33-3)5-4-18-8-12-22(29)21(14-18)28-25(30)13-9-17-6-10-20(27)11-7-17/h4-16,29H,27H2,1-3H3,(H,28,30)/b5-4+,13-9+. The van der Waals surface area contributed by atoms with Crippen LogP contribution in [0.2, 0.25) is 0 Å². The number of aromatic hydroxyl groups is 1. The molecule has 0 heterocycles. The van der Waals surface area contributed by atoms with Crippen LogP contribution in [0, 0.1) is 0 Å². The zero-order valence-electron chi connectivity index (χ0n) is 18.7. The molecule has 0 aliphatic carbocycles. The van der Waals surface area contributed by atoms with Gasteiger partial charge in [0.1, 0.15) is 5.75 Å². The van der Waals surface area contributed by atoms with Crippen LogP contribution in [0.4, 0.5) is 11.4 Å². The smallest absolute Gasteiger partial charge is 0.248 e. The van der Waals surface area contributed by atoms with Gasteiger partial charge < -0.3 is 30.4 Å². The zero-order valence-corrected chi connectivity index (χ0v) is 18.7. The summed E-state index contributed by atoms with van der Waals surface area (Å²) >= 11 is 0. The van der Waals surface area contributed by atoms with Crippen LogP contribution in [0.3, 0.4) is 0 Å². The summed E-state index contributed by atoms with van der Waals surface area (Å²) in [7, 11) is 4.66. The fourth-order valence-corrected chi connectivity index (χ4v) is 3.10. The largest absolute Gasteiger partial charge is 0.506 e. The average molecular weight is 447 g/mol. The first-order valence-electron chi connectivity index (χ1n) is 10.1. The second kappa shape index (κ2) is 10.8. The molecule has 7 heteroatoms. The summed E-state index contributed by atoms with van der Waals surface area (Å²) in [6.07, 6.45) is 6.77. The predicted molar refractivity (Wildman–Crippen MR) is 132 cm³/mol. The number of nitrogens with one attached hydrogen (secondary N) is 1. The highest BCUT2D eigenvalue weighted by atomic mass is 16.5. The Kier molecular flexibility index (Phi) is 7.60. The van der Waals surface area contributed by atoms with E-state index < -0.39 is 0 Å². The van der Waals surface area contributed by atoms with Gasteiger partial charge in [0.25, 0.3) is 0 Å². The molecule has 0 aliphatic heterocycles. The highest BCUT2D eigenvalue weighted by molar-refractivity contribution is 6.03. The van der Waals surface area contributed by atoms with Gasteiger partial charge in [-0.25, -0.2) is 0 Å². The fourth-order valence-electron chi connectivity index (χ4n) is 3.10. The molecule has 0 saturated heterocycles. The van der Waals surface area contributed by atoms with Crippen LogP contribution in [0.15, 0.2) is 60.7 Å². The maximum atomic E-state index is 12.3. The Hall–Kier alpha value is -4.39. The topological polar surface area (TPSA) is 103 Å². The number of carbonyl (C=O) groups excluding carboxylic acids is 1. The maximum Gasteiger partial charge on any atom is 0.248 e. The van der Waals surface area contributed by atoms with Gasteiger partial charge in [-0.3, -0.25) is 4.79 Å². The maximum absolute atomic E-state index is 12.3. The molecule has 0 saturated carbocycles. The minimum Gasteiger partial charge on any atom is -0.506 e. The van der Waals surface area contributed by atoms with Crippen molar-refractivity contribution in [3.63, 3.8) is 0 Å². The molecule has 7 nitrogen and oxygen atoms in total. The third-order valence-corrected chi connectivity index (χ3v) is 4.80. The van der Waals surface area contributed by atoms with Crippen LogP contribution in [0.1, 0.15) is 16.7 Å². The number of rotatable bonds is 8. The molecule has 0 aromatic heterocycles. The van der Waals surface area contributed by atoms with E-state index in [1.54, 1.807) is 51.7 Å². The van der Waals surface area contributed by atoms with Crippen LogP contribution in [-0.4, -0.2) is 32.3 Å². The summed E-state index contributed by atoms with van der Waals surface area (Å²) in [6, 6.07) is 15.7. The van der Waals surface area contributed by atoms with E-state index in [1.165, 1.54) is 12.1 Å². The summed E-state index contributed by atoms with van der Waals surface area (Å²) in [4.78, 5) is 12.3. The summed E-state index contributed by atoms with van der Waals surface area (Å²) in [6.45, 7) is 0. The second-order valence-electron chi connectivity index (χ2n) is 7.06. The number of hydrogen-bond donors (Lipinski definition) is 3. The number of ether oxygens (including phenoxy) is 3. The van der Waals surface area contributed by atoms with Gasteiger partial charge in [-0.15, -0.1) is 0 Å². The second-order valence-corrected chi connectivity index (χ2v) is 7.06. The van der Waals surface area contributed by atoms with Crippen LogP contribution >= 0.6 is 0 Å². The van der Waals surface area contributed by atoms with Gasteiger partial charge in [0.05, 0.1) is 27.0 Å². The number of phenols is 1. The number of carbonyl (C=O) groups is 1. The molecule has 0 fully saturated rings. The van der Waals surface area contributed by atoms with Crippen LogP contribution in [0.5, 0.6) is 23.0 Å². The van der Waals surface area contributed by atoms with Crippen molar-refractivity contribution < 1.29 is 24.1 Å². The first kappa shape index (κ1) is 23.3. The van der Waals surface area contributed by atoms with E-state index in [0.717, 1.165) is 16.7 Å². The Morgan fingerprint density at radius 1 is 0.818 bits per heavy atom. The van der Waals surface area contributed by atoms with Crippen molar-refractivity contribution in [1.29, 1.82) is 0 Å². The van der Waals surface area contributed by atoms with Gasteiger partial charge in [-0.2, -0.15) is 0 Å². The van der Waals surface area contributed by atoms with Crippen LogP contribution in [0.25, 0.3) is 18.2 Å². The summed E-state index contributed by atoms with van der Waals surface area (Å²) in [5.41, 5.74) is 9.06. The first-order valence-corrected chi connectivity index (χ1v) is 10.1. The molecule has 0 bridgehead atoms. The zero-order chi connectivity index (χ0) is 23.8. The van der Waals surface area contributed by atoms with Gasteiger partial charge >= 0.3 is 0 Å². The first-order chi connectivity index (χ1) is 15.9. The lowest BCUT2D eigenvalue weighted by Gasteiger charge is -2.12. The van der Waals surface area contributed by atoms with Crippen molar-refractivity contribution in [1.82, 2.24) is 0 Å². The monoisotopic (exact) mass is 446 g/mol. The van der Waals surface area contributed by atoms with Crippen molar-refractivity contribution in [2.45, 2.75) is 0 Å². The molecular formula is C26H26N2O5. The number of nitrogens with two attached hydrogens (primary N) is 1. The number of anilines is 2. The number of hydrogen-bond acceptors (Lipinski definition) is 6. The van der Waals surface area contributed by atoms with E-state index in [4.69, 9.17) is 19.9 Å². The molecule has 0 radical (unpaired) electrons.